The Labute approximate surface area is 79.4 Å². The molecule has 0 N–H and O–H groups in total. The number of amides is 1. The number of halogens is 1. The summed E-state index contributed by atoms with van der Waals surface area (Å²) in [5.41, 5.74) is 0. The van der Waals surface area contributed by atoms with Crippen LogP contribution >= 0.6 is 0 Å². The third kappa shape index (κ3) is 4.06. The summed E-state index contributed by atoms with van der Waals surface area (Å²) in [6.07, 6.45) is 3.79. The molecule has 0 saturated carbocycles. The van der Waals surface area contributed by atoms with E-state index in [1.807, 2.05) is 4.90 Å². The van der Waals surface area contributed by atoms with Gasteiger partial charge in [0.05, 0.1) is 7.18 Å². The predicted octanol–water partition coefficient (Wildman–Crippen LogP) is 2.02. The van der Waals surface area contributed by atoms with Crippen molar-refractivity contribution in [3.63, 3.8) is 0 Å². The highest BCUT2D eigenvalue weighted by Crippen LogP contribution is 2.15. The van der Waals surface area contributed by atoms with Crippen LogP contribution in [0.5, 0.6) is 0 Å². The van der Waals surface area contributed by atoms with Gasteiger partial charge in [-0.25, -0.2) is 0 Å². The number of nitrogens with zero attached hydrogens (tertiary/aromatic N) is 1. The van der Waals surface area contributed by atoms with Crippen LogP contribution in [0.15, 0.2) is 12.7 Å². The Morgan fingerprint density at radius 3 is 2.69 bits per heavy atom. The molecule has 2 nitrogen and oxygen atoms in total. The van der Waals surface area contributed by atoms with Crippen molar-refractivity contribution < 1.29 is 9.18 Å². The first-order valence-electron chi connectivity index (χ1n) is 4.53. The number of likely N-dealkylation sites (tertiary alicyclic amines) is 1. The Kier molecular flexibility index (Phi) is 6.20. The molecular weight excluding hydrogens is 169 g/mol. The number of alkyl halides is 1. The summed E-state index contributed by atoms with van der Waals surface area (Å²) < 4.78 is 9.50. The first kappa shape index (κ1) is 12.1. The Morgan fingerprint density at radius 2 is 2.23 bits per heavy atom. The first-order valence-corrected chi connectivity index (χ1v) is 4.53. The third-order valence-corrected chi connectivity index (χ3v) is 2.14. The summed E-state index contributed by atoms with van der Waals surface area (Å²) in [6.45, 7) is 7.47. The zero-order valence-electron chi connectivity index (χ0n) is 8.42. The molecule has 0 aromatic carbocycles. The molecule has 1 heterocycles. The highest BCUT2D eigenvalue weighted by molar-refractivity contribution is 5.87. The van der Waals surface area contributed by atoms with E-state index in [1.165, 1.54) is 12.5 Å². The molecule has 13 heavy (non-hydrogen) atoms. The summed E-state index contributed by atoms with van der Waals surface area (Å²) >= 11 is 0. The molecule has 1 fully saturated rings. The molecule has 0 bridgehead atoms. The fourth-order valence-electron chi connectivity index (χ4n) is 1.52. The monoisotopic (exact) mass is 187 g/mol. The van der Waals surface area contributed by atoms with E-state index in [9.17, 15) is 9.18 Å². The fraction of sp³-hybridized carbons (Fsp3) is 0.700. The minimum absolute atomic E-state index is 0.0801. The molecule has 1 rings (SSSR count). The number of hydrogen-bond acceptors (Lipinski definition) is 1. The molecule has 1 aliphatic heterocycles. The average Bonchev–Trinajstić information content (AvgIpc) is 2.20. The lowest BCUT2D eigenvalue weighted by atomic mass is 10.0. The minimum Gasteiger partial charge on any atom is -0.339 e. The van der Waals surface area contributed by atoms with E-state index in [4.69, 9.17) is 0 Å². The number of carbonyl (C=O) groups excluding carboxylic acids is 1. The van der Waals surface area contributed by atoms with Crippen LogP contribution in [0.4, 0.5) is 4.39 Å². The van der Waals surface area contributed by atoms with Crippen LogP contribution < -0.4 is 0 Å². The fourth-order valence-corrected chi connectivity index (χ4v) is 1.52. The van der Waals surface area contributed by atoms with Crippen molar-refractivity contribution in [2.75, 3.05) is 20.3 Å². The van der Waals surface area contributed by atoms with E-state index in [0.717, 1.165) is 19.5 Å². The molecule has 1 atom stereocenters. The van der Waals surface area contributed by atoms with Crippen LogP contribution in [0, 0.1) is 5.92 Å². The zero-order valence-corrected chi connectivity index (χ0v) is 8.42. The normalized spacial score (nSPS) is 21.5. The molecular formula is C10H18FNO. The molecule has 1 saturated heterocycles. The summed E-state index contributed by atoms with van der Waals surface area (Å²) in [5.74, 6) is 0.740. The van der Waals surface area contributed by atoms with Gasteiger partial charge < -0.3 is 4.90 Å². The second-order valence-electron chi connectivity index (χ2n) is 3.24. The van der Waals surface area contributed by atoms with Crippen molar-refractivity contribution in [1.29, 1.82) is 0 Å². The number of piperidine rings is 1. The van der Waals surface area contributed by atoms with E-state index < -0.39 is 0 Å². The molecule has 0 aromatic heterocycles. The average molecular weight is 187 g/mol. The number of carbonyl (C=O) groups is 1. The van der Waals surface area contributed by atoms with Gasteiger partial charge in [-0.1, -0.05) is 13.5 Å². The van der Waals surface area contributed by atoms with Crippen molar-refractivity contribution in [2.24, 2.45) is 5.92 Å². The van der Waals surface area contributed by atoms with Gasteiger partial charge in [-0.15, -0.1) is 0 Å². The van der Waals surface area contributed by atoms with Gasteiger partial charge >= 0.3 is 0 Å². The van der Waals surface area contributed by atoms with Crippen LogP contribution in [0.2, 0.25) is 0 Å². The quantitative estimate of drug-likeness (QED) is 0.575. The van der Waals surface area contributed by atoms with Gasteiger partial charge in [0.1, 0.15) is 0 Å². The Morgan fingerprint density at radius 1 is 1.62 bits per heavy atom. The van der Waals surface area contributed by atoms with Gasteiger partial charge in [-0.3, -0.25) is 9.18 Å². The Balaban J connectivity index is 0.000000671. The SMILES string of the molecule is C=CC(=O)N1CCC[C@@H](C)C1.CF. The van der Waals surface area contributed by atoms with Gasteiger partial charge in [0.25, 0.3) is 0 Å². The maximum Gasteiger partial charge on any atom is 0.245 e. The predicted molar refractivity (Wildman–Crippen MR) is 52.2 cm³/mol. The lowest BCUT2D eigenvalue weighted by Crippen LogP contribution is -2.37. The molecule has 0 aliphatic carbocycles. The van der Waals surface area contributed by atoms with Crippen LogP contribution in [-0.4, -0.2) is 31.1 Å². The Bertz CT molecular complexity index is 170. The summed E-state index contributed by atoms with van der Waals surface area (Å²) in [7, 11) is 0.500. The topological polar surface area (TPSA) is 20.3 Å². The summed E-state index contributed by atoms with van der Waals surface area (Å²) in [4.78, 5) is 13.0. The van der Waals surface area contributed by atoms with Crippen LogP contribution in [-0.2, 0) is 4.79 Å². The molecule has 76 valence electrons. The van der Waals surface area contributed by atoms with Gasteiger partial charge in [0, 0.05) is 13.1 Å². The summed E-state index contributed by atoms with van der Waals surface area (Å²) in [5, 5.41) is 0. The van der Waals surface area contributed by atoms with E-state index in [1.54, 1.807) is 0 Å². The van der Waals surface area contributed by atoms with E-state index in [2.05, 4.69) is 13.5 Å². The molecule has 0 unspecified atom stereocenters. The molecule has 1 aliphatic rings. The lowest BCUT2D eigenvalue weighted by Gasteiger charge is -2.29. The largest absolute Gasteiger partial charge is 0.339 e. The molecule has 0 aromatic rings. The van der Waals surface area contributed by atoms with Crippen molar-refractivity contribution in [3.8, 4) is 0 Å². The number of rotatable bonds is 1. The zero-order chi connectivity index (χ0) is 10.3. The molecule has 1 amide bonds. The van der Waals surface area contributed by atoms with Crippen molar-refractivity contribution in [2.45, 2.75) is 19.8 Å². The first-order chi connectivity index (χ1) is 6.24. The molecule has 3 heteroatoms. The lowest BCUT2D eigenvalue weighted by molar-refractivity contribution is -0.127. The smallest absolute Gasteiger partial charge is 0.245 e. The van der Waals surface area contributed by atoms with Crippen LogP contribution in [0.25, 0.3) is 0 Å². The third-order valence-electron chi connectivity index (χ3n) is 2.14. The maximum atomic E-state index is 11.1. The Hall–Kier alpha value is -0.860. The standard InChI is InChI=1S/C9H15NO.CH3F/c1-3-9(11)10-6-4-5-8(2)7-10;1-2/h3,8H,1,4-7H2,2H3;1H3/t8-;/m1./s1. The van der Waals surface area contributed by atoms with Gasteiger partial charge in [0.15, 0.2) is 0 Å². The van der Waals surface area contributed by atoms with E-state index in [-0.39, 0.29) is 5.91 Å². The van der Waals surface area contributed by atoms with Gasteiger partial charge in [-0.2, -0.15) is 0 Å². The van der Waals surface area contributed by atoms with Gasteiger partial charge in [-0.05, 0) is 24.8 Å². The molecule has 0 radical (unpaired) electrons. The van der Waals surface area contributed by atoms with Crippen LogP contribution in [0.1, 0.15) is 19.8 Å². The number of hydrogen-bond donors (Lipinski definition) is 0. The molecule has 0 spiro atoms. The van der Waals surface area contributed by atoms with Crippen molar-refractivity contribution in [1.82, 2.24) is 4.90 Å². The second-order valence-corrected chi connectivity index (χ2v) is 3.24. The van der Waals surface area contributed by atoms with Crippen LogP contribution in [0.3, 0.4) is 0 Å². The maximum absolute atomic E-state index is 11.1. The minimum atomic E-state index is 0.0801. The van der Waals surface area contributed by atoms with Crippen molar-refractivity contribution >= 4 is 5.91 Å². The summed E-state index contributed by atoms with van der Waals surface area (Å²) in [6, 6.07) is 0. The van der Waals surface area contributed by atoms with Crippen molar-refractivity contribution in [3.05, 3.63) is 12.7 Å². The van der Waals surface area contributed by atoms with E-state index >= 15 is 0 Å². The van der Waals surface area contributed by atoms with Gasteiger partial charge in [0.2, 0.25) is 5.91 Å². The highest BCUT2D eigenvalue weighted by atomic mass is 19.1. The van der Waals surface area contributed by atoms with E-state index in [0.29, 0.717) is 13.1 Å². The highest BCUT2D eigenvalue weighted by Gasteiger charge is 2.18. The second kappa shape index (κ2) is 6.63.